The van der Waals surface area contributed by atoms with Crippen molar-refractivity contribution in [2.24, 2.45) is 0 Å². The molecule has 1 fully saturated rings. The van der Waals surface area contributed by atoms with Gasteiger partial charge < -0.3 is 14.4 Å². The van der Waals surface area contributed by atoms with Crippen molar-refractivity contribution in [2.45, 2.75) is 52.2 Å². The number of benzene rings is 1. The second-order valence-electron chi connectivity index (χ2n) is 7.56. The van der Waals surface area contributed by atoms with E-state index >= 15 is 0 Å². The SMILES string of the molecule is Cc1cc(OC2CCN(C(=O)OC(C)(C)C)CC2)c2ccccc2n1. The molecule has 0 spiro atoms. The van der Waals surface area contributed by atoms with Crippen LogP contribution in [-0.2, 0) is 4.74 Å². The molecule has 25 heavy (non-hydrogen) atoms. The molecule has 1 aromatic heterocycles. The Balaban J connectivity index is 1.64. The summed E-state index contributed by atoms with van der Waals surface area (Å²) in [4.78, 5) is 18.5. The van der Waals surface area contributed by atoms with Gasteiger partial charge >= 0.3 is 6.09 Å². The lowest BCUT2D eigenvalue weighted by Gasteiger charge is -2.33. The van der Waals surface area contributed by atoms with E-state index in [-0.39, 0.29) is 12.2 Å². The fraction of sp³-hybridized carbons (Fsp3) is 0.500. The normalized spacial score (nSPS) is 16.1. The fourth-order valence-electron chi connectivity index (χ4n) is 3.03. The molecule has 1 amide bonds. The van der Waals surface area contributed by atoms with E-state index in [2.05, 4.69) is 4.98 Å². The molecule has 1 saturated heterocycles. The molecule has 0 N–H and O–H groups in total. The third kappa shape index (κ3) is 4.41. The van der Waals surface area contributed by atoms with Crippen molar-refractivity contribution in [2.75, 3.05) is 13.1 Å². The van der Waals surface area contributed by atoms with Gasteiger partial charge in [-0.25, -0.2) is 4.79 Å². The zero-order chi connectivity index (χ0) is 18.0. The maximum absolute atomic E-state index is 12.2. The van der Waals surface area contributed by atoms with Crippen LogP contribution in [0.15, 0.2) is 30.3 Å². The molecule has 5 heteroatoms. The van der Waals surface area contributed by atoms with Crippen LogP contribution >= 0.6 is 0 Å². The molecule has 0 aliphatic carbocycles. The van der Waals surface area contributed by atoms with E-state index in [1.165, 1.54) is 0 Å². The summed E-state index contributed by atoms with van der Waals surface area (Å²) in [5.74, 6) is 0.874. The quantitative estimate of drug-likeness (QED) is 0.815. The Kier molecular flexibility index (Phi) is 4.84. The highest BCUT2D eigenvalue weighted by molar-refractivity contribution is 5.85. The first kappa shape index (κ1) is 17.5. The van der Waals surface area contributed by atoms with E-state index in [1.54, 1.807) is 4.90 Å². The number of pyridine rings is 1. The van der Waals surface area contributed by atoms with E-state index in [0.29, 0.717) is 13.1 Å². The number of amides is 1. The predicted molar refractivity (Wildman–Crippen MR) is 97.9 cm³/mol. The van der Waals surface area contributed by atoms with Gasteiger partial charge in [0.25, 0.3) is 0 Å². The zero-order valence-corrected chi connectivity index (χ0v) is 15.4. The molecule has 2 aromatic rings. The summed E-state index contributed by atoms with van der Waals surface area (Å²) in [5.41, 5.74) is 1.43. The highest BCUT2D eigenvalue weighted by Gasteiger charge is 2.27. The van der Waals surface area contributed by atoms with Crippen LogP contribution in [-0.4, -0.2) is 40.8 Å². The number of carbonyl (C=O) groups is 1. The summed E-state index contributed by atoms with van der Waals surface area (Å²) in [6, 6.07) is 10.0. The number of aromatic nitrogens is 1. The predicted octanol–water partition coefficient (Wildman–Crippen LogP) is 4.32. The number of likely N-dealkylation sites (tertiary alicyclic amines) is 1. The Bertz CT molecular complexity index is 759. The van der Waals surface area contributed by atoms with Gasteiger partial charge in [-0.05, 0) is 39.8 Å². The molecule has 134 valence electrons. The second-order valence-corrected chi connectivity index (χ2v) is 7.56. The van der Waals surface area contributed by atoms with E-state index in [1.807, 2.05) is 58.0 Å². The Morgan fingerprint density at radius 2 is 1.88 bits per heavy atom. The number of rotatable bonds is 2. The van der Waals surface area contributed by atoms with Crippen LogP contribution in [0.1, 0.15) is 39.3 Å². The third-order valence-electron chi connectivity index (χ3n) is 4.19. The summed E-state index contributed by atoms with van der Waals surface area (Å²) in [7, 11) is 0. The molecular formula is C20H26N2O3. The molecule has 3 rings (SSSR count). The van der Waals surface area contributed by atoms with Gasteiger partial charge in [0.1, 0.15) is 17.5 Å². The fourth-order valence-corrected chi connectivity index (χ4v) is 3.03. The second kappa shape index (κ2) is 6.90. The molecule has 5 nitrogen and oxygen atoms in total. The number of ether oxygens (including phenoxy) is 2. The molecular weight excluding hydrogens is 316 g/mol. The number of carbonyl (C=O) groups excluding carboxylic acids is 1. The van der Waals surface area contributed by atoms with Crippen LogP contribution in [0.4, 0.5) is 4.79 Å². The van der Waals surface area contributed by atoms with E-state index < -0.39 is 5.60 Å². The topological polar surface area (TPSA) is 51.7 Å². The Labute approximate surface area is 148 Å². The average Bonchev–Trinajstić information content (AvgIpc) is 2.53. The molecule has 0 radical (unpaired) electrons. The summed E-state index contributed by atoms with van der Waals surface area (Å²) in [6.07, 6.45) is 1.46. The van der Waals surface area contributed by atoms with Crippen molar-refractivity contribution in [1.29, 1.82) is 0 Å². The lowest BCUT2D eigenvalue weighted by Crippen LogP contribution is -2.44. The molecule has 1 aliphatic rings. The summed E-state index contributed by atoms with van der Waals surface area (Å²) < 4.78 is 11.7. The van der Waals surface area contributed by atoms with Gasteiger partial charge in [-0.2, -0.15) is 0 Å². The van der Waals surface area contributed by atoms with Crippen LogP contribution in [0.3, 0.4) is 0 Å². The maximum atomic E-state index is 12.2. The minimum atomic E-state index is -0.460. The number of para-hydroxylation sites is 1. The Hall–Kier alpha value is -2.30. The number of piperidine rings is 1. The van der Waals surface area contributed by atoms with Crippen molar-refractivity contribution in [1.82, 2.24) is 9.88 Å². The van der Waals surface area contributed by atoms with Gasteiger partial charge in [-0.1, -0.05) is 12.1 Å². The molecule has 0 atom stereocenters. The summed E-state index contributed by atoms with van der Waals surface area (Å²) in [6.45, 7) is 8.94. The third-order valence-corrected chi connectivity index (χ3v) is 4.19. The van der Waals surface area contributed by atoms with Gasteiger partial charge in [-0.3, -0.25) is 4.98 Å². The van der Waals surface area contributed by atoms with E-state index in [0.717, 1.165) is 35.2 Å². The molecule has 0 unspecified atom stereocenters. The van der Waals surface area contributed by atoms with Crippen molar-refractivity contribution < 1.29 is 14.3 Å². The van der Waals surface area contributed by atoms with Crippen LogP contribution in [0.2, 0.25) is 0 Å². The first-order valence-electron chi connectivity index (χ1n) is 8.83. The smallest absolute Gasteiger partial charge is 0.410 e. The van der Waals surface area contributed by atoms with Crippen molar-refractivity contribution in [3.63, 3.8) is 0 Å². The first-order valence-corrected chi connectivity index (χ1v) is 8.83. The largest absolute Gasteiger partial charge is 0.490 e. The lowest BCUT2D eigenvalue weighted by atomic mass is 10.1. The number of hydrogen-bond donors (Lipinski definition) is 0. The summed E-state index contributed by atoms with van der Waals surface area (Å²) in [5, 5.41) is 1.03. The van der Waals surface area contributed by atoms with Gasteiger partial charge in [0.05, 0.1) is 5.52 Å². The van der Waals surface area contributed by atoms with Crippen LogP contribution in [0, 0.1) is 6.92 Å². The molecule has 1 aromatic carbocycles. The van der Waals surface area contributed by atoms with Crippen LogP contribution < -0.4 is 4.74 Å². The standard InChI is InChI=1S/C20H26N2O3/c1-14-13-18(16-7-5-6-8-17(16)21-14)24-15-9-11-22(12-10-15)19(23)25-20(2,3)4/h5-8,13,15H,9-12H2,1-4H3. The Morgan fingerprint density at radius 3 is 2.56 bits per heavy atom. The average molecular weight is 342 g/mol. The van der Waals surface area contributed by atoms with Gasteiger partial charge in [-0.15, -0.1) is 0 Å². The molecule has 2 heterocycles. The van der Waals surface area contributed by atoms with Gasteiger partial charge in [0.15, 0.2) is 0 Å². The minimum absolute atomic E-state index is 0.101. The highest BCUT2D eigenvalue weighted by Crippen LogP contribution is 2.28. The highest BCUT2D eigenvalue weighted by atomic mass is 16.6. The number of hydrogen-bond acceptors (Lipinski definition) is 4. The summed E-state index contributed by atoms with van der Waals surface area (Å²) >= 11 is 0. The lowest BCUT2D eigenvalue weighted by molar-refractivity contribution is 0.0128. The number of aryl methyl sites for hydroxylation is 1. The van der Waals surface area contributed by atoms with Crippen LogP contribution in [0.25, 0.3) is 10.9 Å². The van der Waals surface area contributed by atoms with E-state index in [4.69, 9.17) is 9.47 Å². The van der Waals surface area contributed by atoms with Crippen molar-refractivity contribution in [3.8, 4) is 5.75 Å². The first-order chi connectivity index (χ1) is 11.8. The van der Waals surface area contributed by atoms with Crippen LogP contribution in [0.5, 0.6) is 5.75 Å². The maximum Gasteiger partial charge on any atom is 0.410 e. The van der Waals surface area contributed by atoms with Crippen molar-refractivity contribution in [3.05, 3.63) is 36.0 Å². The zero-order valence-electron chi connectivity index (χ0n) is 15.4. The number of fused-ring (bicyclic) bond motifs is 1. The van der Waals surface area contributed by atoms with Gasteiger partial charge in [0.2, 0.25) is 0 Å². The van der Waals surface area contributed by atoms with E-state index in [9.17, 15) is 4.79 Å². The number of nitrogens with zero attached hydrogens (tertiary/aromatic N) is 2. The van der Waals surface area contributed by atoms with Gasteiger partial charge in [0, 0.05) is 43.1 Å². The molecule has 1 aliphatic heterocycles. The Morgan fingerprint density at radius 1 is 1.20 bits per heavy atom. The monoisotopic (exact) mass is 342 g/mol. The minimum Gasteiger partial charge on any atom is -0.490 e. The van der Waals surface area contributed by atoms with Crippen molar-refractivity contribution >= 4 is 17.0 Å². The molecule has 0 bridgehead atoms. The molecule has 0 saturated carbocycles.